The van der Waals surface area contributed by atoms with Crippen molar-refractivity contribution in [3.05, 3.63) is 102 Å². The number of aromatic nitrogens is 3. The standard InChI is InChI=1S/C24H20Cl2N4O4/c1-29-20-6-4-16(22(31)28-12-14-7-8-27-21(10-14)34-2)11-17(20)23(32)30(24(29)33)13-15-3-5-18(25)19(26)9-15/h3-11H,12-13H2,1-2H3,(H,28,31). The second-order valence-electron chi connectivity index (χ2n) is 7.60. The average Bonchev–Trinajstić information content (AvgIpc) is 2.85. The first-order valence-corrected chi connectivity index (χ1v) is 11.0. The molecule has 4 rings (SSSR count). The van der Waals surface area contributed by atoms with Crippen molar-refractivity contribution in [1.29, 1.82) is 0 Å². The molecule has 4 aromatic rings. The molecular formula is C24H20Cl2N4O4. The fourth-order valence-corrected chi connectivity index (χ4v) is 3.89. The van der Waals surface area contributed by atoms with Crippen LogP contribution in [0.1, 0.15) is 21.5 Å². The number of fused-ring (bicyclic) bond motifs is 1. The lowest BCUT2D eigenvalue weighted by Gasteiger charge is -2.12. The maximum absolute atomic E-state index is 13.2. The second-order valence-corrected chi connectivity index (χ2v) is 8.42. The number of amides is 1. The molecule has 174 valence electrons. The number of hydrogen-bond acceptors (Lipinski definition) is 5. The number of nitrogens with zero attached hydrogens (tertiary/aromatic N) is 3. The highest BCUT2D eigenvalue weighted by Gasteiger charge is 2.15. The number of pyridine rings is 1. The largest absolute Gasteiger partial charge is 0.481 e. The van der Waals surface area contributed by atoms with Gasteiger partial charge in [0.05, 0.1) is 34.6 Å². The topological polar surface area (TPSA) is 95.2 Å². The Bertz CT molecular complexity index is 1530. The van der Waals surface area contributed by atoms with E-state index in [2.05, 4.69) is 10.3 Å². The molecule has 0 bridgehead atoms. The summed E-state index contributed by atoms with van der Waals surface area (Å²) in [5, 5.41) is 3.78. The van der Waals surface area contributed by atoms with Gasteiger partial charge in [-0.25, -0.2) is 9.78 Å². The van der Waals surface area contributed by atoms with E-state index in [1.165, 1.54) is 17.7 Å². The van der Waals surface area contributed by atoms with E-state index in [0.717, 1.165) is 10.1 Å². The highest BCUT2D eigenvalue weighted by molar-refractivity contribution is 6.42. The van der Waals surface area contributed by atoms with Gasteiger partial charge < -0.3 is 10.1 Å². The summed E-state index contributed by atoms with van der Waals surface area (Å²) in [6.07, 6.45) is 1.59. The minimum absolute atomic E-state index is 0.0125. The summed E-state index contributed by atoms with van der Waals surface area (Å²) >= 11 is 12.0. The predicted octanol–water partition coefficient (Wildman–Crippen LogP) is 3.39. The molecule has 2 aromatic carbocycles. The summed E-state index contributed by atoms with van der Waals surface area (Å²) in [7, 11) is 3.09. The van der Waals surface area contributed by atoms with Crippen LogP contribution in [0.5, 0.6) is 5.88 Å². The molecule has 0 spiro atoms. The van der Waals surface area contributed by atoms with Crippen LogP contribution in [0.3, 0.4) is 0 Å². The number of carbonyl (C=O) groups is 1. The maximum Gasteiger partial charge on any atom is 0.331 e. The lowest BCUT2D eigenvalue weighted by atomic mass is 10.1. The first kappa shape index (κ1) is 23.5. The molecule has 0 unspecified atom stereocenters. The van der Waals surface area contributed by atoms with Crippen molar-refractivity contribution in [2.45, 2.75) is 13.1 Å². The number of methoxy groups -OCH3 is 1. The highest BCUT2D eigenvalue weighted by Crippen LogP contribution is 2.23. The van der Waals surface area contributed by atoms with Gasteiger partial charge in [-0.3, -0.25) is 18.7 Å². The first-order chi connectivity index (χ1) is 16.3. The lowest BCUT2D eigenvalue weighted by Crippen LogP contribution is -2.39. The molecule has 8 nitrogen and oxygen atoms in total. The van der Waals surface area contributed by atoms with E-state index in [9.17, 15) is 14.4 Å². The van der Waals surface area contributed by atoms with E-state index in [-0.39, 0.29) is 24.4 Å². The summed E-state index contributed by atoms with van der Waals surface area (Å²) < 4.78 is 7.57. The predicted molar refractivity (Wildman–Crippen MR) is 131 cm³/mol. The van der Waals surface area contributed by atoms with Crippen LogP contribution in [0.15, 0.2) is 64.3 Å². The van der Waals surface area contributed by atoms with Gasteiger partial charge in [0.1, 0.15) is 0 Å². The Hall–Kier alpha value is -3.62. The number of hydrogen-bond donors (Lipinski definition) is 1. The van der Waals surface area contributed by atoms with Gasteiger partial charge in [-0.15, -0.1) is 0 Å². The molecule has 2 heterocycles. The third-order valence-electron chi connectivity index (χ3n) is 5.40. The molecule has 2 aromatic heterocycles. The van der Waals surface area contributed by atoms with Crippen molar-refractivity contribution in [2.75, 3.05) is 7.11 Å². The molecule has 0 aliphatic carbocycles. The van der Waals surface area contributed by atoms with Gasteiger partial charge in [-0.2, -0.15) is 0 Å². The van der Waals surface area contributed by atoms with E-state index < -0.39 is 11.2 Å². The number of halogens is 2. The summed E-state index contributed by atoms with van der Waals surface area (Å²) in [4.78, 5) is 42.9. The SMILES string of the molecule is COc1cc(CNC(=O)c2ccc3c(c2)c(=O)n(Cc2ccc(Cl)c(Cl)c2)c(=O)n3C)ccn1. The number of ether oxygens (including phenoxy) is 1. The molecule has 0 saturated carbocycles. The molecule has 0 radical (unpaired) electrons. The van der Waals surface area contributed by atoms with Crippen LogP contribution < -0.4 is 21.3 Å². The fourth-order valence-electron chi connectivity index (χ4n) is 3.57. The van der Waals surface area contributed by atoms with Crippen molar-refractivity contribution in [3.63, 3.8) is 0 Å². The minimum atomic E-state index is -0.502. The molecular weight excluding hydrogens is 479 g/mol. The Morgan fingerprint density at radius 3 is 2.56 bits per heavy atom. The van der Waals surface area contributed by atoms with E-state index in [1.807, 2.05) is 0 Å². The van der Waals surface area contributed by atoms with Crippen LogP contribution in [0.25, 0.3) is 10.9 Å². The summed E-state index contributed by atoms with van der Waals surface area (Å²) in [6.45, 7) is 0.267. The van der Waals surface area contributed by atoms with Crippen LogP contribution in [0, 0.1) is 0 Å². The number of benzene rings is 2. The van der Waals surface area contributed by atoms with Crippen molar-refractivity contribution >= 4 is 40.0 Å². The molecule has 0 aliphatic rings. The van der Waals surface area contributed by atoms with Gasteiger partial charge >= 0.3 is 5.69 Å². The van der Waals surface area contributed by atoms with Gasteiger partial charge in [-0.1, -0.05) is 29.3 Å². The second kappa shape index (κ2) is 9.70. The third kappa shape index (κ3) is 4.69. The number of carbonyl (C=O) groups excluding carboxylic acids is 1. The summed E-state index contributed by atoms with van der Waals surface area (Å²) in [6, 6.07) is 13.1. The van der Waals surface area contributed by atoms with Crippen molar-refractivity contribution < 1.29 is 9.53 Å². The normalized spacial score (nSPS) is 10.9. The van der Waals surface area contributed by atoms with Crippen LogP contribution >= 0.6 is 23.2 Å². The highest BCUT2D eigenvalue weighted by atomic mass is 35.5. The van der Waals surface area contributed by atoms with E-state index >= 15 is 0 Å². The van der Waals surface area contributed by atoms with Crippen LogP contribution in [0.4, 0.5) is 0 Å². The summed E-state index contributed by atoms with van der Waals surface area (Å²) in [5.41, 5.74) is 1.20. The quantitative estimate of drug-likeness (QED) is 0.439. The Kier molecular flexibility index (Phi) is 6.72. The van der Waals surface area contributed by atoms with Gasteiger partial charge in [0.15, 0.2) is 0 Å². The van der Waals surface area contributed by atoms with Crippen molar-refractivity contribution in [2.24, 2.45) is 7.05 Å². The van der Waals surface area contributed by atoms with Crippen LogP contribution in [-0.2, 0) is 20.1 Å². The van der Waals surface area contributed by atoms with Gasteiger partial charge in [0.2, 0.25) is 5.88 Å². The van der Waals surface area contributed by atoms with E-state index in [1.54, 1.807) is 55.7 Å². The van der Waals surface area contributed by atoms with Gasteiger partial charge in [0.25, 0.3) is 11.5 Å². The van der Waals surface area contributed by atoms with Crippen LogP contribution in [-0.4, -0.2) is 27.1 Å². The number of aryl methyl sites for hydroxylation is 1. The number of rotatable bonds is 6. The lowest BCUT2D eigenvalue weighted by molar-refractivity contribution is 0.0951. The molecule has 0 atom stereocenters. The molecule has 1 amide bonds. The zero-order valence-electron chi connectivity index (χ0n) is 18.3. The minimum Gasteiger partial charge on any atom is -0.481 e. The van der Waals surface area contributed by atoms with E-state index in [4.69, 9.17) is 27.9 Å². The zero-order chi connectivity index (χ0) is 24.4. The third-order valence-corrected chi connectivity index (χ3v) is 6.14. The first-order valence-electron chi connectivity index (χ1n) is 10.2. The van der Waals surface area contributed by atoms with Crippen molar-refractivity contribution in [1.82, 2.24) is 19.4 Å². The fraction of sp³-hybridized carbons (Fsp3) is 0.167. The Morgan fingerprint density at radius 2 is 1.82 bits per heavy atom. The zero-order valence-corrected chi connectivity index (χ0v) is 19.9. The Morgan fingerprint density at radius 1 is 1.03 bits per heavy atom. The molecule has 34 heavy (non-hydrogen) atoms. The summed E-state index contributed by atoms with van der Waals surface area (Å²) in [5.74, 6) is 0.0860. The molecule has 10 heteroatoms. The smallest absolute Gasteiger partial charge is 0.331 e. The maximum atomic E-state index is 13.2. The molecule has 0 aliphatic heterocycles. The van der Waals surface area contributed by atoms with E-state index in [0.29, 0.717) is 32.6 Å². The monoisotopic (exact) mass is 498 g/mol. The number of nitrogens with one attached hydrogen (secondary N) is 1. The van der Waals surface area contributed by atoms with Crippen LogP contribution in [0.2, 0.25) is 10.0 Å². The average molecular weight is 499 g/mol. The molecule has 0 fully saturated rings. The Balaban J connectivity index is 1.66. The van der Waals surface area contributed by atoms with Crippen molar-refractivity contribution in [3.8, 4) is 5.88 Å². The molecule has 0 saturated heterocycles. The van der Waals surface area contributed by atoms with Gasteiger partial charge in [-0.05, 0) is 47.5 Å². The molecule has 1 N–H and O–H groups in total. The van der Waals surface area contributed by atoms with Gasteiger partial charge in [0, 0.05) is 31.4 Å². The Labute approximate surface area is 204 Å².